The van der Waals surface area contributed by atoms with Crippen LogP contribution in [-0.2, 0) is 13.5 Å². The molecule has 1 aliphatic heterocycles. The van der Waals surface area contributed by atoms with Crippen LogP contribution in [0.1, 0.15) is 25.3 Å². The van der Waals surface area contributed by atoms with Gasteiger partial charge in [0.1, 0.15) is 0 Å². The van der Waals surface area contributed by atoms with E-state index in [1.54, 1.807) is 0 Å². The van der Waals surface area contributed by atoms with Crippen LogP contribution in [0.15, 0.2) is 12.4 Å². The number of nitrogens with one attached hydrogen (secondary N) is 1. The highest BCUT2D eigenvalue weighted by Crippen LogP contribution is 2.10. The molecule has 0 spiro atoms. The SMILES string of the molecule is CCNC1CCCN(CCc2cnn(C)c2)C1. The zero-order valence-electron chi connectivity index (χ0n) is 11.0. The van der Waals surface area contributed by atoms with Gasteiger partial charge in [0.25, 0.3) is 0 Å². The van der Waals surface area contributed by atoms with Crippen molar-refractivity contribution >= 4 is 0 Å². The molecule has 1 atom stereocenters. The Labute approximate surface area is 104 Å². The molecule has 1 aromatic rings. The summed E-state index contributed by atoms with van der Waals surface area (Å²) < 4.78 is 1.88. The normalized spacial score (nSPS) is 21.9. The fourth-order valence-electron chi connectivity index (χ4n) is 2.60. The van der Waals surface area contributed by atoms with Crippen LogP contribution in [0, 0.1) is 0 Å². The first-order valence-corrected chi connectivity index (χ1v) is 6.71. The number of likely N-dealkylation sites (tertiary alicyclic amines) is 1. The minimum atomic E-state index is 0.697. The Hall–Kier alpha value is -0.870. The number of likely N-dealkylation sites (N-methyl/N-ethyl adjacent to an activating group) is 1. The lowest BCUT2D eigenvalue weighted by atomic mass is 10.1. The van der Waals surface area contributed by atoms with Crippen molar-refractivity contribution in [1.29, 1.82) is 0 Å². The van der Waals surface area contributed by atoms with E-state index < -0.39 is 0 Å². The van der Waals surface area contributed by atoms with Crippen molar-refractivity contribution in [1.82, 2.24) is 20.0 Å². The average Bonchev–Trinajstić information content (AvgIpc) is 2.74. The first-order valence-electron chi connectivity index (χ1n) is 6.71. The van der Waals surface area contributed by atoms with Crippen LogP contribution in [0.4, 0.5) is 0 Å². The monoisotopic (exact) mass is 236 g/mol. The minimum Gasteiger partial charge on any atom is -0.313 e. The van der Waals surface area contributed by atoms with Crippen molar-refractivity contribution in [3.8, 4) is 0 Å². The lowest BCUT2D eigenvalue weighted by Gasteiger charge is -2.33. The molecular formula is C13H24N4. The third kappa shape index (κ3) is 3.82. The topological polar surface area (TPSA) is 33.1 Å². The molecule has 0 aromatic carbocycles. The molecule has 1 unspecified atom stereocenters. The smallest absolute Gasteiger partial charge is 0.0522 e. The Morgan fingerprint density at radius 1 is 1.53 bits per heavy atom. The summed E-state index contributed by atoms with van der Waals surface area (Å²) >= 11 is 0. The van der Waals surface area contributed by atoms with Crippen LogP contribution >= 0.6 is 0 Å². The Balaban J connectivity index is 1.75. The molecule has 1 N–H and O–H groups in total. The maximum Gasteiger partial charge on any atom is 0.0522 e. The average molecular weight is 236 g/mol. The Kier molecular flexibility index (Phi) is 4.57. The predicted octanol–water partition coefficient (Wildman–Crippen LogP) is 1.04. The molecule has 2 rings (SSSR count). The molecule has 1 fully saturated rings. The van der Waals surface area contributed by atoms with Crippen LogP contribution in [0.5, 0.6) is 0 Å². The molecule has 4 nitrogen and oxygen atoms in total. The number of aryl methyl sites for hydroxylation is 1. The zero-order valence-corrected chi connectivity index (χ0v) is 11.0. The van der Waals surface area contributed by atoms with Gasteiger partial charge in [0.15, 0.2) is 0 Å². The second-order valence-corrected chi connectivity index (χ2v) is 4.97. The first kappa shape index (κ1) is 12.6. The van der Waals surface area contributed by atoms with Gasteiger partial charge in [-0.1, -0.05) is 6.92 Å². The van der Waals surface area contributed by atoms with E-state index >= 15 is 0 Å². The van der Waals surface area contributed by atoms with Gasteiger partial charge < -0.3 is 10.2 Å². The number of hydrogen-bond donors (Lipinski definition) is 1. The summed E-state index contributed by atoms with van der Waals surface area (Å²) in [5.41, 5.74) is 1.35. The first-order chi connectivity index (χ1) is 8.28. The third-order valence-electron chi connectivity index (χ3n) is 3.47. The van der Waals surface area contributed by atoms with Crippen LogP contribution in [0.2, 0.25) is 0 Å². The van der Waals surface area contributed by atoms with Crippen molar-refractivity contribution in [2.45, 2.75) is 32.2 Å². The lowest BCUT2D eigenvalue weighted by molar-refractivity contribution is 0.194. The fraction of sp³-hybridized carbons (Fsp3) is 0.769. The fourth-order valence-corrected chi connectivity index (χ4v) is 2.60. The molecule has 1 aliphatic rings. The number of piperidine rings is 1. The van der Waals surface area contributed by atoms with Crippen LogP contribution in [0.25, 0.3) is 0 Å². The maximum absolute atomic E-state index is 4.21. The van der Waals surface area contributed by atoms with E-state index in [2.05, 4.69) is 28.4 Å². The van der Waals surface area contributed by atoms with Crippen LogP contribution < -0.4 is 5.32 Å². The summed E-state index contributed by atoms with van der Waals surface area (Å²) in [5.74, 6) is 0. The van der Waals surface area contributed by atoms with Crippen molar-refractivity contribution in [2.24, 2.45) is 7.05 Å². The Bertz CT molecular complexity index is 332. The van der Waals surface area contributed by atoms with Crippen molar-refractivity contribution in [3.05, 3.63) is 18.0 Å². The van der Waals surface area contributed by atoms with Gasteiger partial charge in [-0.3, -0.25) is 4.68 Å². The van der Waals surface area contributed by atoms with Gasteiger partial charge in [-0.25, -0.2) is 0 Å². The number of rotatable bonds is 5. The highest BCUT2D eigenvalue weighted by molar-refractivity contribution is 5.04. The van der Waals surface area contributed by atoms with Gasteiger partial charge in [0.2, 0.25) is 0 Å². The molecule has 96 valence electrons. The van der Waals surface area contributed by atoms with E-state index in [0.717, 1.165) is 19.5 Å². The molecule has 0 aliphatic carbocycles. The van der Waals surface area contributed by atoms with Gasteiger partial charge in [0, 0.05) is 32.4 Å². The highest BCUT2D eigenvalue weighted by Gasteiger charge is 2.18. The molecule has 0 radical (unpaired) electrons. The number of aromatic nitrogens is 2. The van der Waals surface area contributed by atoms with Crippen molar-refractivity contribution < 1.29 is 0 Å². The van der Waals surface area contributed by atoms with E-state index in [0.29, 0.717) is 6.04 Å². The number of nitrogens with zero attached hydrogens (tertiary/aromatic N) is 3. The third-order valence-corrected chi connectivity index (χ3v) is 3.47. The standard InChI is InChI=1S/C13H24N4/c1-3-14-13-5-4-7-17(11-13)8-6-12-9-15-16(2)10-12/h9-10,13-14H,3-8,11H2,1-2H3. The van der Waals surface area contributed by atoms with Crippen molar-refractivity contribution in [3.63, 3.8) is 0 Å². The van der Waals surface area contributed by atoms with Gasteiger partial charge in [0.05, 0.1) is 6.20 Å². The molecule has 0 amide bonds. The molecular weight excluding hydrogens is 212 g/mol. The van der Waals surface area contributed by atoms with E-state index in [-0.39, 0.29) is 0 Å². The summed E-state index contributed by atoms with van der Waals surface area (Å²) in [6.07, 6.45) is 7.87. The summed E-state index contributed by atoms with van der Waals surface area (Å²) in [6.45, 7) is 6.89. The van der Waals surface area contributed by atoms with Crippen LogP contribution in [0.3, 0.4) is 0 Å². The molecule has 1 saturated heterocycles. The minimum absolute atomic E-state index is 0.697. The summed E-state index contributed by atoms with van der Waals surface area (Å²) in [7, 11) is 1.98. The van der Waals surface area contributed by atoms with E-state index in [1.807, 2.05) is 17.9 Å². The summed E-state index contributed by atoms with van der Waals surface area (Å²) in [5, 5.41) is 7.77. The van der Waals surface area contributed by atoms with Gasteiger partial charge in [-0.15, -0.1) is 0 Å². The highest BCUT2D eigenvalue weighted by atomic mass is 15.2. The molecule has 2 heterocycles. The molecule has 17 heavy (non-hydrogen) atoms. The second kappa shape index (κ2) is 6.17. The number of hydrogen-bond acceptors (Lipinski definition) is 3. The molecule has 4 heteroatoms. The largest absolute Gasteiger partial charge is 0.313 e. The van der Waals surface area contributed by atoms with Gasteiger partial charge >= 0.3 is 0 Å². The maximum atomic E-state index is 4.21. The Morgan fingerprint density at radius 2 is 2.41 bits per heavy atom. The summed E-state index contributed by atoms with van der Waals surface area (Å²) in [4.78, 5) is 2.57. The Morgan fingerprint density at radius 3 is 3.12 bits per heavy atom. The predicted molar refractivity (Wildman–Crippen MR) is 70.1 cm³/mol. The second-order valence-electron chi connectivity index (χ2n) is 4.97. The van der Waals surface area contributed by atoms with Crippen molar-refractivity contribution in [2.75, 3.05) is 26.2 Å². The lowest BCUT2D eigenvalue weighted by Crippen LogP contribution is -2.46. The van der Waals surface area contributed by atoms with Crippen LogP contribution in [-0.4, -0.2) is 46.9 Å². The van der Waals surface area contributed by atoms with E-state index in [1.165, 1.54) is 31.5 Å². The molecule has 0 bridgehead atoms. The van der Waals surface area contributed by atoms with Gasteiger partial charge in [-0.05, 0) is 37.9 Å². The summed E-state index contributed by atoms with van der Waals surface area (Å²) in [6, 6.07) is 0.697. The molecule has 0 saturated carbocycles. The zero-order chi connectivity index (χ0) is 12.1. The van der Waals surface area contributed by atoms with Gasteiger partial charge in [-0.2, -0.15) is 5.10 Å². The van der Waals surface area contributed by atoms with E-state index in [9.17, 15) is 0 Å². The quantitative estimate of drug-likeness (QED) is 0.829. The molecule has 1 aromatic heterocycles. The van der Waals surface area contributed by atoms with E-state index in [4.69, 9.17) is 0 Å².